The van der Waals surface area contributed by atoms with Crippen molar-refractivity contribution in [2.75, 3.05) is 10.8 Å². The Labute approximate surface area is 235 Å². The Hall–Kier alpha value is -3.10. The van der Waals surface area contributed by atoms with Gasteiger partial charge in [-0.05, 0) is 60.9 Å². The van der Waals surface area contributed by atoms with Crippen LogP contribution in [0.1, 0.15) is 57.4 Å². The molecule has 3 aromatic carbocycles. The minimum Gasteiger partial charge on any atom is -0.352 e. The first-order valence-electron chi connectivity index (χ1n) is 13.7. The molecular weight excluding hydrogens is 534 g/mol. The summed E-state index contributed by atoms with van der Waals surface area (Å²) in [6, 6.07) is 17.7. The van der Waals surface area contributed by atoms with E-state index < -0.39 is 16.1 Å². The first-order valence-corrected chi connectivity index (χ1v) is 15.5. The summed E-state index contributed by atoms with van der Waals surface area (Å²) in [6.45, 7) is 2.37. The van der Waals surface area contributed by atoms with Crippen molar-refractivity contribution in [1.82, 2.24) is 10.2 Å². The average Bonchev–Trinajstić information content (AvgIpc) is 3.51. The summed E-state index contributed by atoms with van der Waals surface area (Å²) >= 11 is 6.06. The van der Waals surface area contributed by atoms with Crippen LogP contribution in [0.3, 0.4) is 0 Å². The highest BCUT2D eigenvalue weighted by atomic mass is 35.5. The molecule has 39 heavy (non-hydrogen) atoms. The van der Waals surface area contributed by atoms with Gasteiger partial charge in [-0.25, -0.2) is 8.42 Å². The Balaban J connectivity index is 1.32. The topological polar surface area (TPSA) is 86.8 Å². The van der Waals surface area contributed by atoms with Crippen molar-refractivity contribution in [2.45, 2.75) is 75.4 Å². The normalized spacial score (nSPS) is 16.9. The van der Waals surface area contributed by atoms with Crippen LogP contribution in [-0.4, -0.2) is 43.8 Å². The number of carbonyl (C=O) groups excluding carboxylic acids is 2. The van der Waals surface area contributed by atoms with E-state index in [4.69, 9.17) is 11.6 Å². The third-order valence-electron chi connectivity index (χ3n) is 7.79. The molecule has 0 bridgehead atoms. The fourth-order valence-electron chi connectivity index (χ4n) is 5.79. The van der Waals surface area contributed by atoms with Crippen molar-refractivity contribution >= 4 is 49.9 Å². The standard InChI is InChI=1S/C30H34ClN3O4S/c1-2-25(30(36)32-24-10-3-4-11-24)33(20-21-15-17-23(31)18-16-21)28(35)14-7-19-34-26-12-5-8-22-9-6-13-27(29(22)26)39(34,37)38/h5-6,8-9,12-13,15-18,24-25H,2-4,7,10-11,14,19-20H2,1H3,(H,32,36)/t25-/m1/s1. The summed E-state index contributed by atoms with van der Waals surface area (Å²) in [6.07, 6.45) is 5.08. The molecule has 1 saturated carbocycles. The van der Waals surface area contributed by atoms with Gasteiger partial charge in [-0.2, -0.15) is 0 Å². The zero-order chi connectivity index (χ0) is 27.6. The minimum absolute atomic E-state index is 0.124. The SMILES string of the molecule is CC[C@H](C(=O)NC1CCCC1)N(Cc1ccc(Cl)cc1)C(=O)CCCN1c2cccc3cccc(c23)S1(=O)=O. The first-order chi connectivity index (χ1) is 18.8. The van der Waals surface area contributed by atoms with Crippen LogP contribution < -0.4 is 9.62 Å². The lowest BCUT2D eigenvalue weighted by atomic mass is 10.1. The van der Waals surface area contributed by atoms with E-state index in [2.05, 4.69) is 5.32 Å². The number of halogens is 1. The number of hydrogen-bond donors (Lipinski definition) is 1. The Bertz CT molecular complexity index is 1460. The molecule has 1 aliphatic heterocycles. The summed E-state index contributed by atoms with van der Waals surface area (Å²) in [5.74, 6) is -0.304. The van der Waals surface area contributed by atoms with Gasteiger partial charge in [0.2, 0.25) is 11.8 Å². The number of sulfonamides is 1. The molecule has 0 spiro atoms. The molecule has 0 radical (unpaired) electrons. The van der Waals surface area contributed by atoms with Gasteiger partial charge in [0.25, 0.3) is 10.0 Å². The van der Waals surface area contributed by atoms with Crippen LogP contribution in [0.25, 0.3) is 10.8 Å². The quantitative estimate of drug-likeness (QED) is 0.343. The molecule has 1 aliphatic carbocycles. The summed E-state index contributed by atoms with van der Waals surface area (Å²) in [5, 5.41) is 5.36. The van der Waals surface area contributed by atoms with Crippen LogP contribution in [0.5, 0.6) is 0 Å². The summed E-state index contributed by atoms with van der Waals surface area (Å²) in [4.78, 5) is 28.9. The Kier molecular flexibility index (Phi) is 8.14. The summed E-state index contributed by atoms with van der Waals surface area (Å²) < 4.78 is 28.0. The lowest BCUT2D eigenvalue weighted by molar-refractivity contribution is -0.141. The third-order valence-corrected chi connectivity index (χ3v) is 9.89. The largest absolute Gasteiger partial charge is 0.352 e. The van der Waals surface area contributed by atoms with Gasteiger partial charge in [0, 0.05) is 36.0 Å². The van der Waals surface area contributed by atoms with E-state index in [-0.39, 0.29) is 37.4 Å². The number of carbonyl (C=O) groups is 2. The minimum atomic E-state index is -3.69. The third kappa shape index (κ3) is 5.63. The van der Waals surface area contributed by atoms with Crippen LogP contribution in [0.2, 0.25) is 5.02 Å². The van der Waals surface area contributed by atoms with Crippen LogP contribution in [-0.2, 0) is 26.2 Å². The predicted octanol–water partition coefficient (Wildman–Crippen LogP) is 5.65. The second kappa shape index (κ2) is 11.6. The van der Waals surface area contributed by atoms with Gasteiger partial charge in [0.05, 0.1) is 10.6 Å². The van der Waals surface area contributed by atoms with Gasteiger partial charge in [0.1, 0.15) is 6.04 Å². The van der Waals surface area contributed by atoms with Crippen molar-refractivity contribution < 1.29 is 18.0 Å². The molecular formula is C30H34ClN3O4S. The van der Waals surface area contributed by atoms with Crippen LogP contribution in [0, 0.1) is 0 Å². The molecule has 0 unspecified atom stereocenters. The van der Waals surface area contributed by atoms with Gasteiger partial charge in [-0.3, -0.25) is 13.9 Å². The molecule has 9 heteroatoms. The molecule has 1 heterocycles. The number of amides is 2. The van der Waals surface area contributed by atoms with Gasteiger partial charge < -0.3 is 10.2 Å². The van der Waals surface area contributed by atoms with Crippen molar-refractivity contribution in [3.05, 3.63) is 71.2 Å². The molecule has 3 aromatic rings. The second-order valence-corrected chi connectivity index (χ2v) is 12.6. The Morgan fingerprint density at radius 1 is 1.05 bits per heavy atom. The number of benzene rings is 3. The van der Waals surface area contributed by atoms with E-state index in [0.717, 1.165) is 42.0 Å². The molecule has 2 amide bonds. The maximum absolute atomic E-state index is 13.7. The monoisotopic (exact) mass is 567 g/mol. The molecule has 1 N–H and O–H groups in total. The smallest absolute Gasteiger partial charge is 0.265 e. The predicted molar refractivity (Wildman–Crippen MR) is 154 cm³/mol. The first kappa shape index (κ1) is 27.5. The van der Waals surface area contributed by atoms with Crippen molar-refractivity contribution in [3.63, 3.8) is 0 Å². The molecule has 0 saturated heterocycles. The van der Waals surface area contributed by atoms with E-state index in [9.17, 15) is 18.0 Å². The van der Waals surface area contributed by atoms with Gasteiger partial charge >= 0.3 is 0 Å². The average molecular weight is 568 g/mol. The number of nitrogens with one attached hydrogen (secondary N) is 1. The Morgan fingerprint density at radius 3 is 2.44 bits per heavy atom. The van der Waals surface area contributed by atoms with Crippen LogP contribution in [0.4, 0.5) is 5.69 Å². The van der Waals surface area contributed by atoms with Crippen molar-refractivity contribution in [3.8, 4) is 0 Å². The summed E-state index contributed by atoms with van der Waals surface area (Å²) in [5.41, 5.74) is 1.53. The highest BCUT2D eigenvalue weighted by Gasteiger charge is 2.36. The number of rotatable bonds is 10. The van der Waals surface area contributed by atoms with E-state index in [1.165, 1.54) is 4.31 Å². The molecule has 7 nitrogen and oxygen atoms in total. The van der Waals surface area contributed by atoms with Gasteiger partial charge in [-0.1, -0.05) is 67.8 Å². The second-order valence-electron chi connectivity index (χ2n) is 10.4. The fourth-order valence-corrected chi connectivity index (χ4v) is 7.66. The van der Waals surface area contributed by atoms with Crippen molar-refractivity contribution in [1.29, 1.82) is 0 Å². The maximum Gasteiger partial charge on any atom is 0.265 e. The molecule has 1 atom stereocenters. The van der Waals surface area contributed by atoms with E-state index in [1.54, 1.807) is 29.2 Å². The lowest BCUT2D eigenvalue weighted by Gasteiger charge is -2.32. The molecule has 206 valence electrons. The number of nitrogens with zero attached hydrogens (tertiary/aromatic N) is 2. The molecule has 5 rings (SSSR count). The lowest BCUT2D eigenvalue weighted by Crippen LogP contribution is -2.51. The summed E-state index contributed by atoms with van der Waals surface area (Å²) in [7, 11) is -3.69. The zero-order valence-corrected chi connectivity index (χ0v) is 23.7. The molecule has 1 fully saturated rings. The maximum atomic E-state index is 13.7. The van der Waals surface area contributed by atoms with E-state index in [0.29, 0.717) is 28.4 Å². The Morgan fingerprint density at radius 2 is 1.74 bits per heavy atom. The van der Waals surface area contributed by atoms with E-state index >= 15 is 0 Å². The van der Waals surface area contributed by atoms with Crippen LogP contribution in [0.15, 0.2) is 65.6 Å². The van der Waals surface area contributed by atoms with Gasteiger partial charge in [0.15, 0.2) is 0 Å². The number of hydrogen-bond acceptors (Lipinski definition) is 4. The van der Waals surface area contributed by atoms with E-state index in [1.807, 2.05) is 43.3 Å². The van der Waals surface area contributed by atoms with Crippen LogP contribution >= 0.6 is 11.6 Å². The molecule has 2 aliphatic rings. The number of anilines is 1. The highest BCUT2D eigenvalue weighted by molar-refractivity contribution is 7.93. The fraction of sp³-hybridized carbons (Fsp3) is 0.400. The zero-order valence-electron chi connectivity index (χ0n) is 22.1. The van der Waals surface area contributed by atoms with Crippen molar-refractivity contribution in [2.24, 2.45) is 0 Å². The highest BCUT2D eigenvalue weighted by Crippen LogP contribution is 2.42. The van der Waals surface area contributed by atoms with Gasteiger partial charge in [-0.15, -0.1) is 0 Å². The molecule has 0 aromatic heterocycles.